The third-order valence-electron chi connectivity index (χ3n) is 11.0. The third-order valence-corrected chi connectivity index (χ3v) is 12.8. The molecule has 0 amide bonds. The molecule has 52 heavy (non-hydrogen) atoms. The Morgan fingerprint density at radius 2 is 0.846 bits per heavy atom. The molecule has 0 N–H and O–H groups in total. The Morgan fingerprint density at radius 1 is 0.481 bits per heavy atom. The predicted molar refractivity (Wildman–Crippen MR) is 235 cm³/mol. The number of allylic oxidation sites excluding steroid dienone is 4. The van der Waals surface area contributed by atoms with Gasteiger partial charge in [-0.3, -0.25) is 0 Å². The molecular formula is C46H48Br4N2. The van der Waals surface area contributed by atoms with Gasteiger partial charge < -0.3 is 9.80 Å². The molecule has 0 fully saturated rings. The summed E-state index contributed by atoms with van der Waals surface area (Å²) >= 11 is 14.9. The van der Waals surface area contributed by atoms with E-state index >= 15 is 0 Å². The van der Waals surface area contributed by atoms with E-state index in [1.807, 2.05) is 0 Å². The first-order valence-corrected chi connectivity index (χ1v) is 21.3. The van der Waals surface area contributed by atoms with E-state index in [1.165, 1.54) is 89.5 Å². The zero-order valence-electron chi connectivity index (χ0n) is 32.0. The van der Waals surface area contributed by atoms with Crippen LogP contribution in [0.25, 0.3) is 0 Å². The van der Waals surface area contributed by atoms with Gasteiger partial charge in [0.1, 0.15) is 0 Å². The quantitative estimate of drug-likeness (QED) is 0.122. The molecule has 0 saturated heterocycles. The standard InChI is InChI=1S/C46H48Br4N2/c1-25-15-35(47)16-26(2)43(25)40-23-41(44-27(3)17-36(48)18-28(44)4)39(33(40)9)13-11-12-14-42-34(10)51(45-29(5)19-37(49)20-30(45)6)24-52(42)46-31(7)21-38(50)22-32(46)8/h15-22,40-41H,11-14H2,1-10H3. The summed E-state index contributed by atoms with van der Waals surface area (Å²) in [5.41, 5.74) is 21.0. The first-order valence-electron chi connectivity index (χ1n) is 18.2. The minimum Gasteiger partial charge on any atom is -0.312 e. The van der Waals surface area contributed by atoms with Crippen LogP contribution in [0.15, 0.2) is 89.0 Å². The molecule has 0 saturated carbocycles. The zero-order chi connectivity index (χ0) is 37.8. The highest BCUT2D eigenvalue weighted by Gasteiger charge is 2.37. The van der Waals surface area contributed by atoms with E-state index in [2.05, 4.69) is 204 Å². The SMILES string of the molecule is CC1=C(CCCCC2=C(C)N(c3c(C)cc(Br)cc3C)[C]N2c2c(C)cc(Br)cc2C)C(c2c(C)cc(Br)cc2C)[C]C1c1c(C)cc(Br)cc1C. The fourth-order valence-corrected chi connectivity index (χ4v) is 11.5. The van der Waals surface area contributed by atoms with Crippen molar-refractivity contribution in [2.45, 2.75) is 107 Å². The Hall–Kier alpha value is -2.12. The van der Waals surface area contributed by atoms with Crippen LogP contribution in [-0.2, 0) is 0 Å². The maximum Gasteiger partial charge on any atom is 0.218 e. The van der Waals surface area contributed by atoms with Gasteiger partial charge in [-0.2, -0.15) is 0 Å². The van der Waals surface area contributed by atoms with Crippen LogP contribution < -0.4 is 9.80 Å². The fraction of sp³-hybridized carbons (Fsp3) is 0.348. The summed E-state index contributed by atoms with van der Waals surface area (Å²) in [7, 11) is 0. The normalized spacial score (nSPS) is 17.7. The Bertz CT molecular complexity index is 1880. The number of aryl methyl sites for hydroxylation is 8. The largest absolute Gasteiger partial charge is 0.312 e. The van der Waals surface area contributed by atoms with Crippen molar-refractivity contribution in [3.63, 3.8) is 0 Å². The highest BCUT2D eigenvalue weighted by molar-refractivity contribution is 9.11. The van der Waals surface area contributed by atoms with Crippen LogP contribution in [0, 0.1) is 68.5 Å². The Morgan fingerprint density at radius 3 is 1.29 bits per heavy atom. The number of rotatable bonds is 9. The fourth-order valence-electron chi connectivity index (χ4n) is 8.80. The number of hydrogen-bond donors (Lipinski definition) is 0. The first kappa shape index (κ1) is 39.6. The van der Waals surface area contributed by atoms with Crippen molar-refractivity contribution in [2.24, 2.45) is 0 Å². The molecule has 0 aromatic heterocycles. The van der Waals surface area contributed by atoms with Crippen LogP contribution in [0.4, 0.5) is 11.4 Å². The number of nitrogens with zero attached hydrogens (tertiary/aromatic N) is 2. The van der Waals surface area contributed by atoms with Crippen molar-refractivity contribution in [3.05, 3.63) is 158 Å². The molecule has 1 aliphatic carbocycles. The number of hydrogen-bond acceptors (Lipinski definition) is 2. The van der Waals surface area contributed by atoms with E-state index in [0.717, 1.165) is 43.6 Å². The van der Waals surface area contributed by atoms with Gasteiger partial charge in [0.15, 0.2) is 0 Å². The Labute approximate surface area is 346 Å². The number of halogens is 4. The lowest BCUT2D eigenvalue weighted by molar-refractivity contribution is 0.693. The van der Waals surface area contributed by atoms with E-state index in [0.29, 0.717) is 0 Å². The molecule has 4 aromatic rings. The second-order valence-electron chi connectivity index (χ2n) is 14.9. The van der Waals surface area contributed by atoms with Gasteiger partial charge >= 0.3 is 0 Å². The van der Waals surface area contributed by atoms with E-state index in [9.17, 15) is 0 Å². The van der Waals surface area contributed by atoms with Gasteiger partial charge in [0.2, 0.25) is 6.67 Å². The van der Waals surface area contributed by atoms with Crippen molar-refractivity contribution < 1.29 is 0 Å². The van der Waals surface area contributed by atoms with Crippen molar-refractivity contribution in [1.82, 2.24) is 0 Å². The molecule has 4 aromatic carbocycles. The topological polar surface area (TPSA) is 6.48 Å². The minimum atomic E-state index is 0.179. The van der Waals surface area contributed by atoms with Crippen LogP contribution in [0.5, 0.6) is 0 Å². The van der Waals surface area contributed by atoms with Gasteiger partial charge in [-0.05, 0) is 199 Å². The monoisotopic (exact) mass is 944 g/mol. The van der Waals surface area contributed by atoms with Gasteiger partial charge in [0.25, 0.3) is 0 Å². The van der Waals surface area contributed by atoms with Crippen LogP contribution in [0.3, 0.4) is 0 Å². The molecule has 270 valence electrons. The van der Waals surface area contributed by atoms with E-state index in [-0.39, 0.29) is 11.8 Å². The number of benzene rings is 4. The van der Waals surface area contributed by atoms with Gasteiger partial charge in [0.05, 0.1) is 0 Å². The van der Waals surface area contributed by atoms with Crippen molar-refractivity contribution >= 4 is 75.1 Å². The van der Waals surface area contributed by atoms with Gasteiger partial charge in [0, 0.05) is 58.9 Å². The zero-order valence-corrected chi connectivity index (χ0v) is 38.4. The lowest BCUT2D eigenvalue weighted by Crippen LogP contribution is -2.23. The molecule has 6 heteroatoms. The first-order chi connectivity index (χ1) is 24.6. The molecule has 4 radical (unpaired) electrons. The molecule has 2 unspecified atom stereocenters. The van der Waals surface area contributed by atoms with Crippen LogP contribution in [0.1, 0.15) is 107 Å². The smallest absolute Gasteiger partial charge is 0.218 e. The van der Waals surface area contributed by atoms with Crippen molar-refractivity contribution in [2.75, 3.05) is 9.80 Å². The average Bonchev–Trinajstić information content (AvgIpc) is 3.49. The Balaban J connectivity index is 1.33. The minimum absolute atomic E-state index is 0.179. The maximum atomic E-state index is 4.15. The molecule has 0 spiro atoms. The molecule has 6 rings (SSSR count). The number of unbranched alkanes of at least 4 members (excludes halogenated alkanes) is 1. The van der Waals surface area contributed by atoms with Crippen molar-refractivity contribution in [3.8, 4) is 0 Å². The van der Waals surface area contributed by atoms with Crippen molar-refractivity contribution in [1.29, 1.82) is 0 Å². The van der Waals surface area contributed by atoms with Gasteiger partial charge in [-0.25, -0.2) is 0 Å². The van der Waals surface area contributed by atoms with E-state index in [4.69, 9.17) is 0 Å². The lowest BCUT2D eigenvalue weighted by atomic mass is 9.82. The molecular weight excluding hydrogens is 900 g/mol. The lowest BCUT2D eigenvalue weighted by Gasteiger charge is -2.27. The molecule has 2 aliphatic rings. The summed E-state index contributed by atoms with van der Waals surface area (Å²) in [5, 5.41) is 0. The molecule has 1 heterocycles. The third kappa shape index (κ3) is 7.70. The van der Waals surface area contributed by atoms with E-state index in [1.54, 1.807) is 0 Å². The maximum absolute atomic E-state index is 4.15. The van der Waals surface area contributed by atoms with E-state index < -0.39 is 0 Å². The highest BCUT2D eigenvalue weighted by atomic mass is 79.9. The predicted octanol–water partition coefficient (Wildman–Crippen LogP) is 15.3. The van der Waals surface area contributed by atoms with Crippen LogP contribution in [0.2, 0.25) is 0 Å². The molecule has 2 atom stereocenters. The molecule has 0 bridgehead atoms. The van der Waals surface area contributed by atoms with Crippen LogP contribution >= 0.6 is 63.7 Å². The second kappa shape index (κ2) is 15.9. The second-order valence-corrected chi connectivity index (χ2v) is 18.6. The summed E-state index contributed by atoms with van der Waals surface area (Å²) < 4.78 is 4.49. The summed E-state index contributed by atoms with van der Waals surface area (Å²) in [6.45, 7) is 26.3. The highest BCUT2D eigenvalue weighted by Crippen LogP contribution is 2.52. The average molecular weight is 949 g/mol. The van der Waals surface area contributed by atoms with Crippen LogP contribution in [-0.4, -0.2) is 0 Å². The summed E-state index contributed by atoms with van der Waals surface area (Å²) in [6, 6.07) is 17.9. The summed E-state index contributed by atoms with van der Waals surface area (Å²) in [4.78, 5) is 4.64. The van der Waals surface area contributed by atoms with Gasteiger partial charge in [-0.15, -0.1) is 0 Å². The summed E-state index contributed by atoms with van der Waals surface area (Å²) in [5.74, 6) is 0.363. The molecule has 2 nitrogen and oxygen atoms in total. The number of anilines is 2. The molecule has 1 aliphatic heterocycles. The van der Waals surface area contributed by atoms with Gasteiger partial charge in [-0.1, -0.05) is 74.9 Å². The summed E-state index contributed by atoms with van der Waals surface area (Å²) in [6.07, 6.45) is 8.35. The Kier molecular flexibility index (Phi) is 12.1.